The minimum absolute atomic E-state index is 0.0912. The third kappa shape index (κ3) is 2.71. The van der Waals surface area contributed by atoms with Crippen molar-refractivity contribution in [3.63, 3.8) is 0 Å². The van der Waals surface area contributed by atoms with Crippen LogP contribution in [0, 0.1) is 0 Å². The van der Waals surface area contributed by atoms with E-state index >= 15 is 0 Å². The standard InChI is InChI=1S/C14H15N7O4/c1-21-3-2-16-11(21)14(12(24)19-13(25)20-14)6-18-10(23)8-4-7(5-17-8)9(15)22/h2-5,17H,6H2,1H3,(H2,15,22)(H,18,23)(H2,19,20,24,25). The van der Waals surface area contributed by atoms with Gasteiger partial charge in [0.1, 0.15) is 11.5 Å². The van der Waals surface area contributed by atoms with E-state index in [0.717, 1.165) is 0 Å². The average Bonchev–Trinajstić information content (AvgIpc) is 3.25. The Bertz CT molecular complexity index is 883. The molecule has 1 saturated heterocycles. The molecule has 2 aromatic rings. The molecule has 1 fully saturated rings. The van der Waals surface area contributed by atoms with Gasteiger partial charge in [-0.25, -0.2) is 9.78 Å². The fourth-order valence-corrected chi connectivity index (χ4v) is 2.61. The molecule has 1 atom stereocenters. The quantitative estimate of drug-likeness (QED) is 0.408. The number of nitrogens with two attached hydrogens (primary N) is 1. The number of hydrogen-bond donors (Lipinski definition) is 5. The van der Waals surface area contributed by atoms with E-state index in [1.165, 1.54) is 18.5 Å². The molecule has 5 amide bonds. The van der Waals surface area contributed by atoms with Crippen LogP contribution in [0.2, 0.25) is 0 Å². The highest BCUT2D eigenvalue weighted by Crippen LogP contribution is 2.22. The van der Waals surface area contributed by atoms with Crippen LogP contribution < -0.4 is 21.7 Å². The first-order valence-electron chi connectivity index (χ1n) is 7.21. The van der Waals surface area contributed by atoms with E-state index in [9.17, 15) is 19.2 Å². The molecule has 1 aliphatic rings. The molecule has 6 N–H and O–H groups in total. The zero-order valence-electron chi connectivity index (χ0n) is 13.1. The lowest BCUT2D eigenvalue weighted by molar-refractivity contribution is -0.124. The summed E-state index contributed by atoms with van der Waals surface area (Å²) in [6.07, 6.45) is 4.39. The van der Waals surface area contributed by atoms with Gasteiger partial charge in [0.15, 0.2) is 5.54 Å². The van der Waals surface area contributed by atoms with Crippen molar-refractivity contribution in [1.82, 2.24) is 30.5 Å². The minimum atomic E-state index is -1.54. The van der Waals surface area contributed by atoms with Crippen molar-refractivity contribution in [2.24, 2.45) is 12.8 Å². The van der Waals surface area contributed by atoms with Crippen LogP contribution in [0.3, 0.4) is 0 Å². The summed E-state index contributed by atoms with van der Waals surface area (Å²) >= 11 is 0. The van der Waals surface area contributed by atoms with Gasteiger partial charge in [0.25, 0.3) is 11.8 Å². The summed E-state index contributed by atoms with van der Waals surface area (Å²) in [5.74, 6) is -1.62. The molecule has 3 heterocycles. The molecule has 130 valence electrons. The predicted molar refractivity (Wildman–Crippen MR) is 83.2 cm³/mol. The lowest BCUT2D eigenvalue weighted by Crippen LogP contribution is -2.54. The molecule has 0 bridgehead atoms. The van der Waals surface area contributed by atoms with Crippen molar-refractivity contribution >= 4 is 23.8 Å². The van der Waals surface area contributed by atoms with Crippen LogP contribution >= 0.6 is 0 Å². The first-order chi connectivity index (χ1) is 11.8. The zero-order valence-corrected chi connectivity index (χ0v) is 13.1. The number of imidazole rings is 1. The van der Waals surface area contributed by atoms with Crippen LogP contribution in [0.1, 0.15) is 26.7 Å². The van der Waals surface area contributed by atoms with Crippen molar-refractivity contribution < 1.29 is 19.2 Å². The molecule has 0 saturated carbocycles. The zero-order chi connectivity index (χ0) is 18.2. The number of urea groups is 1. The summed E-state index contributed by atoms with van der Waals surface area (Å²) in [6.45, 7) is -0.237. The number of carbonyl (C=O) groups excluding carboxylic acids is 4. The largest absolute Gasteiger partial charge is 0.366 e. The normalized spacial score (nSPS) is 19.4. The van der Waals surface area contributed by atoms with Gasteiger partial charge in [-0.05, 0) is 6.07 Å². The number of aromatic amines is 1. The van der Waals surface area contributed by atoms with Gasteiger partial charge in [-0.15, -0.1) is 0 Å². The van der Waals surface area contributed by atoms with Gasteiger partial charge in [0.05, 0.1) is 12.1 Å². The highest BCUT2D eigenvalue weighted by atomic mass is 16.2. The van der Waals surface area contributed by atoms with E-state index in [0.29, 0.717) is 0 Å². The lowest BCUT2D eigenvalue weighted by Gasteiger charge is -2.25. The number of amides is 5. The maximum Gasteiger partial charge on any atom is 0.322 e. The first-order valence-corrected chi connectivity index (χ1v) is 7.21. The number of hydrogen-bond acceptors (Lipinski definition) is 5. The van der Waals surface area contributed by atoms with E-state index in [-0.39, 0.29) is 23.6 Å². The van der Waals surface area contributed by atoms with Gasteiger partial charge in [-0.1, -0.05) is 0 Å². The SMILES string of the molecule is Cn1ccnc1C1(CNC(=O)c2cc(C(N)=O)c[nH]2)NC(=O)NC1=O. The smallest absolute Gasteiger partial charge is 0.322 e. The van der Waals surface area contributed by atoms with Gasteiger partial charge >= 0.3 is 6.03 Å². The van der Waals surface area contributed by atoms with Crippen LogP contribution in [0.5, 0.6) is 0 Å². The number of nitrogens with zero attached hydrogens (tertiary/aromatic N) is 2. The van der Waals surface area contributed by atoms with Crippen molar-refractivity contribution in [2.75, 3.05) is 6.54 Å². The van der Waals surface area contributed by atoms with Gasteiger partial charge in [-0.3, -0.25) is 19.7 Å². The summed E-state index contributed by atoms with van der Waals surface area (Å²) in [5.41, 5.74) is 3.84. The summed E-state index contributed by atoms with van der Waals surface area (Å²) < 4.78 is 1.57. The van der Waals surface area contributed by atoms with Crippen molar-refractivity contribution in [3.05, 3.63) is 41.7 Å². The molecular formula is C14H15N7O4. The molecule has 0 aliphatic carbocycles. The Kier molecular flexibility index (Phi) is 3.75. The number of imide groups is 1. The fraction of sp³-hybridized carbons (Fsp3) is 0.214. The topological polar surface area (TPSA) is 164 Å². The van der Waals surface area contributed by atoms with E-state index in [1.807, 2.05) is 0 Å². The Morgan fingerprint density at radius 2 is 2.16 bits per heavy atom. The molecular weight excluding hydrogens is 330 g/mol. The second-order valence-corrected chi connectivity index (χ2v) is 5.52. The van der Waals surface area contributed by atoms with Crippen LogP contribution in [-0.4, -0.2) is 44.8 Å². The van der Waals surface area contributed by atoms with Crippen molar-refractivity contribution in [2.45, 2.75) is 5.54 Å². The Balaban J connectivity index is 1.83. The average molecular weight is 345 g/mol. The number of carbonyl (C=O) groups is 4. The van der Waals surface area contributed by atoms with Crippen LogP contribution in [0.25, 0.3) is 0 Å². The molecule has 0 radical (unpaired) electrons. The van der Waals surface area contributed by atoms with E-state index < -0.39 is 29.3 Å². The molecule has 0 aromatic carbocycles. The van der Waals surface area contributed by atoms with Crippen molar-refractivity contribution in [3.8, 4) is 0 Å². The minimum Gasteiger partial charge on any atom is -0.366 e. The Morgan fingerprint density at radius 1 is 1.40 bits per heavy atom. The van der Waals surface area contributed by atoms with Crippen LogP contribution in [0.4, 0.5) is 4.79 Å². The summed E-state index contributed by atoms with van der Waals surface area (Å²) in [5, 5.41) is 7.20. The summed E-state index contributed by atoms with van der Waals surface area (Å²) in [7, 11) is 1.66. The highest BCUT2D eigenvalue weighted by molar-refractivity contribution is 6.07. The molecule has 2 aromatic heterocycles. The second kappa shape index (κ2) is 5.78. The maximum absolute atomic E-state index is 12.3. The highest BCUT2D eigenvalue weighted by Gasteiger charge is 2.50. The second-order valence-electron chi connectivity index (χ2n) is 5.52. The Morgan fingerprint density at radius 3 is 2.68 bits per heavy atom. The van der Waals surface area contributed by atoms with Crippen molar-refractivity contribution in [1.29, 1.82) is 0 Å². The van der Waals surface area contributed by atoms with Gasteiger partial charge in [-0.2, -0.15) is 0 Å². The fourth-order valence-electron chi connectivity index (χ4n) is 2.61. The predicted octanol–water partition coefficient (Wildman–Crippen LogP) is -1.69. The Hall–Kier alpha value is -3.63. The monoisotopic (exact) mass is 345 g/mol. The molecule has 3 rings (SSSR count). The molecule has 25 heavy (non-hydrogen) atoms. The number of aryl methyl sites for hydroxylation is 1. The van der Waals surface area contributed by atoms with E-state index in [1.54, 1.807) is 17.8 Å². The lowest BCUT2D eigenvalue weighted by atomic mass is 9.98. The molecule has 1 unspecified atom stereocenters. The maximum atomic E-state index is 12.3. The third-order valence-corrected chi connectivity index (χ3v) is 3.87. The number of nitrogens with one attached hydrogen (secondary N) is 4. The first kappa shape index (κ1) is 16.2. The Labute approximate surface area is 141 Å². The molecule has 11 heteroatoms. The number of aromatic nitrogens is 3. The van der Waals surface area contributed by atoms with E-state index in [4.69, 9.17) is 5.73 Å². The number of H-pyrrole nitrogens is 1. The van der Waals surface area contributed by atoms with Gasteiger partial charge < -0.3 is 25.9 Å². The summed E-state index contributed by atoms with van der Waals surface area (Å²) in [6, 6.07) is 0.608. The summed E-state index contributed by atoms with van der Waals surface area (Å²) in [4.78, 5) is 54.0. The van der Waals surface area contributed by atoms with E-state index in [2.05, 4.69) is 25.9 Å². The van der Waals surface area contributed by atoms with Crippen LogP contribution in [-0.2, 0) is 17.4 Å². The number of primary amides is 1. The van der Waals surface area contributed by atoms with Gasteiger partial charge in [0, 0.05) is 25.6 Å². The number of rotatable bonds is 5. The van der Waals surface area contributed by atoms with Crippen LogP contribution in [0.15, 0.2) is 24.7 Å². The third-order valence-electron chi connectivity index (χ3n) is 3.87. The molecule has 1 aliphatic heterocycles. The molecule has 11 nitrogen and oxygen atoms in total. The molecule has 0 spiro atoms. The van der Waals surface area contributed by atoms with Gasteiger partial charge in [0.2, 0.25) is 5.91 Å².